The van der Waals surface area contributed by atoms with Crippen LogP contribution in [0.2, 0.25) is 0 Å². The molecule has 0 aliphatic rings. The van der Waals surface area contributed by atoms with Crippen LogP contribution in [0.3, 0.4) is 0 Å². The van der Waals surface area contributed by atoms with E-state index in [4.69, 9.17) is 5.11 Å². The summed E-state index contributed by atoms with van der Waals surface area (Å²) >= 11 is 3.26. The molecule has 0 aromatic heterocycles. The molecule has 0 spiro atoms. The van der Waals surface area contributed by atoms with Gasteiger partial charge in [-0.1, -0.05) is 22.0 Å². The van der Waals surface area contributed by atoms with Gasteiger partial charge in [0.1, 0.15) is 0 Å². The lowest BCUT2D eigenvalue weighted by Gasteiger charge is -1.86. The summed E-state index contributed by atoms with van der Waals surface area (Å²) in [4.78, 5) is 3.78. The van der Waals surface area contributed by atoms with E-state index in [2.05, 4.69) is 27.5 Å². The van der Waals surface area contributed by atoms with Crippen molar-refractivity contribution in [2.24, 2.45) is 4.99 Å². The largest absolute Gasteiger partial charge is 0.391 e. The molecule has 0 atom stereocenters. The molecule has 1 N–H and O–H groups in total. The van der Waals surface area contributed by atoms with Gasteiger partial charge in [-0.05, 0) is 6.42 Å². The van der Waals surface area contributed by atoms with Gasteiger partial charge in [0.15, 0.2) is 0 Å². The maximum atomic E-state index is 8.30. The van der Waals surface area contributed by atoms with Crippen molar-refractivity contribution in [1.82, 2.24) is 0 Å². The highest BCUT2D eigenvalue weighted by atomic mass is 79.9. The Kier molecular flexibility index (Phi) is 6.43. The number of aliphatic hydroxyl groups is 1. The van der Waals surface area contributed by atoms with E-state index < -0.39 is 0 Å². The molecule has 10 heavy (non-hydrogen) atoms. The summed E-state index contributed by atoms with van der Waals surface area (Å²) in [6.07, 6.45) is 5.60. The zero-order chi connectivity index (χ0) is 7.82. The Morgan fingerprint density at radius 3 is 2.90 bits per heavy atom. The highest BCUT2D eigenvalue weighted by Gasteiger charge is 1.82. The molecule has 0 aliphatic carbocycles. The highest BCUT2D eigenvalue weighted by molar-refractivity contribution is 9.11. The van der Waals surface area contributed by atoms with Crippen LogP contribution in [0.5, 0.6) is 0 Å². The summed E-state index contributed by atoms with van der Waals surface area (Å²) in [7, 11) is 0. The van der Waals surface area contributed by atoms with Crippen molar-refractivity contribution in [2.75, 3.05) is 6.61 Å². The summed E-state index contributed by atoms with van der Waals surface area (Å²) in [5.74, 6) is 0. The third-order valence-electron chi connectivity index (χ3n) is 0.741. The van der Waals surface area contributed by atoms with Crippen LogP contribution in [-0.2, 0) is 0 Å². The number of halogens is 1. The average molecular weight is 204 g/mol. The van der Waals surface area contributed by atoms with Crippen molar-refractivity contribution in [2.45, 2.75) is 6.42 Å². The van der Waals surface area contributed by atoms with Crippen LogP contribution in [0.25, 0.3) is 0 Å². The van der Waals surface area contributed by atoms with Crippen LogP contribution in [-0.4, -0.2) is 17.9 Å². The Morgan fingerprint density at radius 1 is 1.70 bits per heavy atom. The van der Waals surface area contributed by atoms with E-state index in [0.717, 1.165) is 10.9 Å². The quantitative estimate of drug-likeness (QED) is 0.550. The fourth-order valence-electron chi connectivity index (χ4n) is 0.371. The number of rotatable bonds is 4. The first-order valence-corrected chi connectivity index (χ1v) is 3.68. The van der Waals surface area contributed by atoms with Crippen LogP contribution >= 0.6 is 15.9 Å². The van der Waals surface area contributed by atoms with E-state index in [1.165, 1.54) is 6.21 Å². The second-order valence-electron chi connectivity index (χ2n) is 1.58. The van der Waals surface area contributed by atoms with Gasteiger partial charge in [-0.3, -0.25) is 4.99 Å². The number of hydrogen-bond donors (Lipinski definition) is 1. The molecule has 0 amide bonds. The molecular weight excluding hydrogens is 194 g/mol. The lowest BCUT2D eigenvalue weighted by atomic mass is 10.4. The topological polar surface area (TPSA) is 32.6 Å². The fraction of sp³-hybridized carbons (Fsp3) is 0.286. The van der Waals surface area contributed by atoms with E-state index >= 15 is 0 Å². The van der Waals surface area contributed by atoms with Gasteiger partial charge in [-0.25, -0.2) is 0 Å². The zero-order valence-electron chi connectivity index (χ0n) is 5.63. The van der Waals surface area contributed by atoms with Gasteiger partial charge in [0.2, 0.25) is 0 Å². The standard InChI is InChI=1S/C7H10BrNO/c1-2-3-7(8)6-9-4-5-10/h2,4,6,10H,1,3,5H2/b7-6+,9-4-. The van der Waals surface area contributed by atoms with Crippen molar-refractivity contribution < 1.29 is 5.11 Å². The molecule has 0 rings (SSSR count). The Balaban J connectivity index is 3.67. The predicted molar refractivity (Wildman–Crippen MR) is 47.4 cm³/mol. The van der Waals surface area contributed by atoms with Crippen LogP contribution in [0.1, 0.15) is 6.42 Å². The normalized spacial score (nSPS) is 12.4. The Bertz CT molecular complexity index is 152. The van der Waals surface area contributed by atoms with E-state index in [1.807, 2.05) is 0 Å². The van der Waals surface area contributed by atoms with Crippen LogP contribution < -0.4 is 0 Å². The summed E-state index contributed by atoms with van der Waals surface area (Å²) < 4.78 is 0.951. The smallest absolute Gasteiger partial charge is 0.0783 e. The van der Waals surface area contributed by atoms with Crippen molar-refractivity contribution in [3.63, 3.8) is 0 Å². The molecule has 0 saturated heterocycles. The number of hydrogen-bond acceptors (Lipinski definition) is 2. The van der Waals surface area contributed by atoms with Gasteiger partial charge in [0, 0.05) is 16.9 Å². The van der Waals surface area contributed by atoms with E-state index in [0.29, 0.717) is 0 Å². The van der Waals surface area contributed by atoms with Crippen molar-refractivity contribution in [3.05, 3.63) is 23.3 Å². The van der Waals surface area contributed by atoms with Crippen molar-refractivity contribution >= 4 is 22.1 Å². The van der Waals surface area contributed by atoms with Gasteiger partial charge in [0.25, 0.3) is 0 Å². The van der Waals surface area contributed by atoms with Crippen LogP contribution in [0, 0.1) is 0 Å². The first-order valence-electron chi connectivity index (χ1n) is 2.89. The Morgan fingerprint density at radius 2 is 2.40 bits per heavy atom. The molecule has 0 aromatic carbocycles. The molecule has 56 valence electrons. The van der Waals surface area contributed by atoms with Gasteiger partial charge in [-0.2, -0.15) is 0 Å². The third kappa shape index (κ3) is 5.72. The molecule has 3 heteroatoms. The molecule has 0 saturated carbocycles. The van der Waals surface area contributed by atoms with E-state index in [9.17, 15) is 0 Å². The molecule has 0 aromatic rings. The number of aliphatic imine (C=N–C) groups is 1. The molecule has 0 fully saturated rings. The van der Waals surface area contributed by atoms with Crippen LogP contribution in [0.15, 0.2) is 28.3 Å². The molecular formula is C7H10BrNO. The number of nitrogens with zero attached hydrogens (tertiary/aromatic N) is 1. The van der Waals surface area contributed by atoms with E-state index in [-0.39, 0.29) is 6.61 Å². The molecule has 0 aliphatic heterocycles. The van der Waals surface area contributed by atoms with Crippen molar-refractivity contribution in [3.8, 4) is 0 Å². The predicted octanol–water partition coefficient (Wildman–Crippen LogP) is 1.86. The molecule has 0 bridgehead atoms. The summed E-state index contributed by atoms with van der Waals surface area (Å²) in [6.45, 7) is 3.53. The minimum absolute atomic E-state index is 0.0229. The fourth-order valence-corrected chi connectivity index (χ4v) is 0.718. The summed E-state index contributed by atoms with van der Waals surface area (Å²) in [6, 6.07) is 0. The first kappa shape index (κ1) is 9.59. The van der Waals surface area contributed by atoms with Gasteiger partial charge in [0.05, 0.1) is 6.61 Å². The van der Waals surface area contributed by atoms with Gasteiger partial charge in [-0.15, -0.1) is 6.58 Å². The second-order valence-corrected chi connectivity index (χ2v) is 2.60. The Hall–Kier alpha value is -0.410. The van der Waals surface area contributed by atoms with Gasteiger partial charge < -0.3 is 5.11 Å². The van der Waals surface area contributed by atoms with Crippen molar-refractivity contribution in [1.29, 1.82) is 0 Å². The van der Waals surface area contributed by atoms with Crippen LogP contribution in [0.4, 0.5) is 0 Å². The minimum atomic E-state index is -0.0229. The first-order chi connectivity index (χ1) is 4.81. The average Bonchev–Trinajstić information content (AvgIpc) is 1.89. The maximum absolute atomic E-state index is 8.30. The molecule has 2 nitrogen and oxygen atoms in total. The molecule has 0 radical (unpaired) electrons. The Labute approximate surface area is 69.1 Å². The summed E-state index contributed by atoms with van der Waals surface area (Å²) in [5.41, 5.74) is 0. The molecule has 0 heterocycles. The highest BCUT2D eigenvalue weighted by Crippen LogP contribution is 2.09. The lowest BCUT2D eigenvalue weighted by molar-refractivity contribution is 0.361. The van der Waals surface area contributed by atoms with E-state index in [1.54, 1.807) is 12.3 Å². The number of aliphatic hydroxyl groups excluding tert-OH is 1. The van der Waals surface area contributed by atoms with Gasteiger partial charge >= 0.3 is 0 Å². The third-order valence-corrected chi connectivity index (χ3v) is 1.27. The lowest BCUT2D eigenvalue weighted by Crippen LogP contribution is -1.78. The second kappa shape index (κ2) is 6.71. The summed E-state index contributed by atoms with van der Waals surface area (Å²) in [5, 5.41) is 8.30. The monoisotopic (exact) mass is 203 g/mol. The zero-order valence-corrected chi connectivity index (χ0v) is 7.21. The molecule has 0 unspecified atom stereocenters. The SMILES string of the molecule is C=CC/C(Br)=C\N=C/CO. The maximum Gasteiger partial charge on any atom is 0.0783 e. The minimum Gasteiger partial charge on any atom is -0.391 e. The number of allylic oxidation sites excluding steroid dienone is 2.